The minimum absolute atomic E-state index is 0.147. The Labute approximate surface area is 154 Å². The highest BCUT2D eigenvalue weighted by Gasteiger charge is 2.30. The van der Waals surface area contributed by atoms with Crippen LogP contribution in [0.25, 0.3) is 0 Å². The summed E-state index contributed by atoms with van der Waals surface area (Å²) in [6.45, 7) is -1.70. The van der Waals surface area contributed by atoms with Crippen LogP contribution in [0.2, 0.25) is 0 Å². The number of carbonyl (C=O) groups excluding carboxylic acids is 1. The molecule has 0 fully saturated rings. The number of urea groups is 1. The van der Waals surface area contributed by atoms with Gasteiger partial charge in [-0.05, 0) is 6.92 Å². The number of halogens is 6. The molecule has 2 rings (SSSR count). The first-order chi connectivity index (χ1) is 12.9. The van der Waals surface area contributed by atoms with Crippen LogP contribution in [0.4, 0.5) is 42.6 Å². The lowest BCUT2D eigenvalue weighted by Gasteiger charge is -2.15. The zero-order chi connectivity index (χ0) is 20.9. The number of aromatic nitrogens is 2. The molecule has 0 saturated heterocycles. The van der Waals surface area contributed by atoms with Gasteiger partial charge in [0, 0.05) is 29.4 Å². The molecule has 0 aliphatic heterocycles. The van der Waals surface area contributed by atoms with Crippen molar-refractivity contribution in [3.05, 3.63) is 30.0 Å². The number of nitrogens with zero attached hydrogens (tertiary/aromatic N) is 1. The van der Waals surface area contributed by atoms with Crippen molar-refractivity contribution in [1.82, 2.24) is 10.2 Å². The Morgan fingerprint density at radius 1 is 1.00 bits per heavy atom. The van der Waals surface area contributed by atoms with E-state index < -0.39 is 43.1 Å². The average Bonchev–Trinajstić information content (AvgIpc) is 2.94. The molecule has 0 saturated carbocycles. The van der Waals surface area contributed by atoms with Gasteiger partial charge in [-0.15, -0.1) is 0 Å². The predicted molar refractivity (Wildman–Crippen MR) is 85.5 cm³/mol. The molecular weight excluding hydrogens is 398 g/mol. The van der Waals surface area contributed by atoms with Gasteiger partial charge in [0.05, 0.1) is 6.20 Å². The second-order valence-electron chi connectivity index (χ2n) is 5.51. The lowest BCUT2D eigenvalue weighted by molar-refractivity contribution is -0.153. The van der Waals surface area contributed by atoms with Crippen molar-refractivity contribution in [3.8, 4) is 11.5 Å². The summed E-state index contributed by atoms with van der Waals surface area (Å²) in [4.78, 5) is 12.0. The molecule has 154 valence electrons. The number of aryl methyl sites for hydroxylation is 1. The zero-order valence-electron chi connectivity index (χ0n) is 14.2. The molecule has 0 bridgehead atoms. The first-order valence-corrected chi connectivity index (χ1v) is 7.53. The fourth-order valence-electron chi connectivity index (χ4n) is 1.89. The Kier molecular flexibility index (Phi) is 6.26. The van der Waals surface area contributed by atoms with Crippen molar-refractivity contribution in [2.75, 3.05) is 23.8 Å². The third kappa shape index (κ3) is 7.25. The van der Waals surface area contributed by atoms with Crippen LogP contribution in [-0.2, 0) is 0 Å². The van der Waals surface area contributed by atoms with Gasteiger partial charge in [-0.3, -0.25) is 10.4 Å². The number of hydrogen-bond acceptors (Lipinski definition) is 4. The van der Waals surface area contributed by atoms with Crippen LogP contribution < -0.4 is 20.1 Å². The van der Waals surface area contributed by atoms with Gasteiger partial charge in [-0.25, -0.2) is 4.79 Å². The molecule has 1 aromatic carbocycles. The van der Waals surface area contributed by atoms with Crippen LogP contribution in [0.3, 0.4) is 0 Å². The van der Waals surface area contributed by atoms with E-state index in [9.17, 15) is 31.1 Å². The first kappa shape index (κ1) is 21.2. The molecule has 2 amide bonds. The Morgan fingerprint density at radius 3 is 1.96 bits per heavy atom. The molecule has 0 unspecified atom stereocenters. The van der Waals surface area contributed by atoms with E-state index in [2.05, 4.69) is 30.3 Å². The van der Waals surface area contributed by atoms with E-state index in [-0.39, 0.29) is 11.5 Å². The Morgan fingerprint density at radius 2 is 1.54 bits per heavy atom. The van der Waals surface area contributed by atoms with Crippen molar-refractivity contribution in [2.24, 2.45) is 0 Å². The Bertz CT molecular complexity index is 783. The summed E-state index contributed by atoms with van der Waals surface area (Å²) in [5, 5.41) is 10.8. The zero-order valence-corrected chi connectivity index (χ0v) is 14.2. The van der Waals surface area contributed by atoms with Gasteiger partial charge >= 0.3 is 18.4 Å². The van der Waals surface area contributed by atoms with Crippen LogP contribution in [-0.4, -0.2) is 41.8 Å². The van der Waals surface area contributed by atoms with Crippen LogP contribution in [0.1, 0.15) is 5.56 Å². The number of alkyl halides is 6. The predicted octanol–water partition coefficient (Wildman–Crippen LogP) is 4.24. The molecule has 0 radical (unpaired) electrons. The van der Waals surface area contributed by atoms with Crippen molar-refractivity contribution >= 4 is 17.5 Å². The highest BCUT2D eigenvalue weighted by Crippen LogP contribution is 2.29. The van der Waals surface area contributed by atoms with Crippen LogP contribution in [0, 0.1) is 6.92 Å². The summed E-state index contributed by atoms with van der Waals surface area (Å²) in [6, 6.07) is 2.04. The van der Waals surface area contributed by atoms with E-state index in [4.69, 9.17) is 0 Å². The van der Waals surface area contributed by atoms with Gasteiger partial charge in [0.25, 0.3) is 0 Å². The number of ether oxygens (including phenoxy) is 2. The van der Waals surface area contributed by atoms with Gasteiger partial charge in [-0.2, -0.15) is 31.4 Å². The van der Waals surface area contributed by atoms with Gasteiger partial charge < -0.3 is 14.8 Å². The molecule has 1 heterocycles. The summed E-state index contributed by atoms with van der Waals surface area (Å²) >= 11 is 0. The van der Waals surface area contributed by atoms with Gasteiger partial charge in [0.1, 0.15) is 17.3 Å². The van der Waals surface area contributed by atoms with Gasteiger partial charge in [-0.1, -0.05) is 0 Å². The summed E-state index contributed by atoms with van der Waals surface area (Å²) in [6.07, 6.45) is -7.89. The molecular formula is C15H14F6N4O3. The number of carbonyl (C=O) groups is 1. The van der Waals surface area contributed by atoms with Gasteiger partial charge in [0.15, 0.2) is 13.2 Å². The smallest absolute Gasteiger partial charge is 0.422 e. The summed E-state index contributed by atoms with van der Waals surface area (Å²) < 4.78 is 82.9. The molecule has 3 N–H and O–H groups in total. The highest BCUT2D eigenvalue weighted by atomic mass is 19.4. The largest absolute Gasteiger partial charge is 0.484 e. The van der Waals surface area contributed by atoms with Crippen LogP contribution >= 0.6 is 0 Å². The molecule has 2 aromatic rings. The molecule has 13 heteroatoms. The van der Waals surface area contributed by atoms with Crippen molar-refractivity contribution in [1.29, 1.82) is 0 Å². The van der Waals surface area contributed by atoms with E-state index in [1.54, 1.807) is 6.92 Å². The highest BCUT2D eigenvalue weighted by molar-refractivity contribution is 5.99. The first-order valence-electron chi connectivity index (χ1n) is 7.53. The van der Waals surface area contributed by atoms with Crippen molar-refractivity contribution in [2.45, 2.75) is 19.3 Å². The summed E-state index contributed by atoms with van der Waals surface area (Å²) in [5.74, 6) is -0.620. The average molecular weight is 412 g/mol. The second kappa shape index (κ2) is 8.27. The van der Waals surface area contributed by atoms with E-state index in [0.717, 1.165) is 18.2 Å². The quantitative estimate of drug-likeness (QED) is 0.620. The topological polar surface area (TPSA) is 88.3 Å². The fraction of sp³-hybridized carbons (Fsp3) is 0.333. The standard InChI is InChI=1S/C15H14F6N4O3/c1-8-5-22-25-12(8)24-13(26)23-9-2-10(27-6-14(16,17)18)4-11(3-9)28-7-15(19,20)21/h2-5H,6-7H2,1H3,(H3,22,23,24,25,26). The number of hydrogen-bond donors (Lipinski definition) is 3. The maximum atomic E-state index is 12.3. The second-order valence-corrected chi connectivity index (χ2v) is 5.51. The molecule has 28 heavy (non-hydrogen) atoms. The summed E-state index contributed by atoms with van der Waals surface area (Å²) in [5.41, 5.74) is 0.457. The number of amides is 2. The fourth-order valence-corrected chi connectivity index (χ4v) is 1.89. The third-order valence-corrected chi connectivity index (χ3v) is 3.01. The van der Waals surface area contributed by atoms with Crippen molar-refractivity contribution < 1.29 is 40.6 Å². The summed E-state index contributed by atoms with van der Waals surface area (Å²) in [7, 11) is 0. The lowest BCUT2D eigenvalue weighted by atomic mass is 10.2. The van der Waals surface area contributed by atoms with E-state index in [1.807, 2.05) is 0 Å². The SMILES string of the molecule is Cc1cn[nH]c1NC(=O)Nc1cc(OCC(F)(F)F)cc(OCC(F)(F)F)c1. The normalized spacial score (nSPS) is 11.8. The van der Waals surface area contributed by atoms with Crippen molar-refractivity contribution in [3.63, 3.8) is 0 Å². The minimum Gasteiger partial charge on any atom is -0.484 e. The number of rotatable bonds is 6. The van der Waals surface area contributed by atoms with E-state index in [0.29, 0.717) is 5.56 Å². The van der Waals surface area contributed by atoms with Crippen LogP contribution in [0.15, 0.2) is 24.4 Å². The molecule has 1 aromatic heterocycles. The van der Waals surface area contributed by atoms with E-state index >= 15 is 0 Å². The minimum atomic E-state index is -4.66. The maximum Gasteiger partial charge on any atom is 0.422 e. The van der Waals surface area contributed by atoms with Gasteiger partial charge in [0.2, 0.25) is 0 Å². The molecule has 0 atom stereocenters. The lowest BCUT2D eigenvalue weighted by Crippen LogP contribution is -2.22. The molecule has 0 aliphatic rings. The van der Waals surface area contributed by atoms with Crippen LogP contribution in [0.5, 0.6) is 11.5 Å². The number of benzene rings is 1. The number of nitrogens with one attached hydrogen (secondary N) is 3. The molecule has 0 aliphatic carbocycles. The number of H-pyrrole nitrogens is 1. The monoisotopic (exact) mass is 412 g/mol. The molecule has 0 spiro atoms. The molecule has 7 nitrogen and oxygen atoms in total. The van der Waals surface area contributed by atoms with E-state index in [1.165, 1.54) is 6.20 Å². The third-order valence-electron chi connectivity index (χ3n) is 3.01. The Hall–Kier alpha value is -3.12. The number of aromatic amines is 1. The Balaban J connectivity index is 2.15. The number of anilines is 2. The maximum absolute atomic E-state index is 12.3.